The minimum absolute atomic E-state index is 0.0717. The summed E-state index contributed by atoms with van der Waals surface area (Å²) in [5.74, 6) is 1.76. The number of anilines is 1. The molecule has 1 N–H and O–H groups in total. The molecule has 0 aliphatic rings. The molecule has 5 nitrogen and oxygen atoms in total. The van der Waals surface area contributed by atoms with E-state index in [2.05, 4.69) is 11.6 Å². The van der Waals surface area contributed by atoms with Gasteiger partial charge < -0.3 is 10.1 Å². The number of nitro groups is 1. The molecular weight excluding hydrogens is 252 g/mol. The highest BCUT2D eigenvalue weighted by Gasteiger charge is 2.10. The molecule has 0 radical (unpaired) electrons. The van der Waals surface area contributed by atoms with Gasteiger partial charge >= 0.3 is 0 Å². The van der Waals surface area contributed by atoms with Crippen LogP contribution in [0.1, 0.15) is 12.8 Å². The van der Waals surface area contributed by atoms with Gasteiger partial charge in [-0.3, -0.25) is 10.1 Å². The van der Waals surface area contributed by atoms with Crippen LogP contribution in [0.2, 0.25) is 0 Å². The van der Waals surface area contributed by atoms with E-state index in [4.69, 9.17) is 4.74 Å². The number of benzene rings is 1. The van der Waals surface area contributed by atoms with E-state index >= 15 is 0 Å². The average Bonchev–Trinajstić information content (AvgIpc) is 2.38. The van der Waals surface area contributed by atoms with Crippen LogP contribution in [0.15, 0.2) is 18.2 Å². The van der Waals surface area contributed by atoms with Crippen LogP contribution in [0.3, 0.4) is 0 Å². The first kappa shape index (κ1) is 14.6. The number of nitrogens with zero attached hydrogens (tertiary/aromatic N) is 1. The largest absolute Gasteiger partial charge is 0.495 e. The smallest absolute Gasteiger partial charge is 0.271 e. The molecule has 1 aromatic rings. The van der Waals surface area contributed by atoms with Gasteiger partial charge in [0.1, 0.15) is 5.75 Å². The standard InChI is InChI=1S/C12H18N2O3S/c1-17-12-6-5-10(14(15)16)9-11(12)13-7-3-4-8-18-2/h5-6,9,13H,3-4,7-8H2,1-2H3. The van der Waals surface area contributed by atoms with Crippen LogP contribution < -0.4 is 10.1 Å². The van der Waals surface area contributed by atoms with Gasteiger partial charge in [-0.2, -0.15) is 11.8 Å². The van der Waals surface area contributed by atoms with Gasteiger partial charge in [-0.1, -0.05) is 0 Å². The van der Waals surface area contributed by atoms with Crippen LogP contribution in [-0.4, -0.2) is 30.6 Å². The van der Waals surface area contributed by atoms with Crippen molar-refractivity contribution in [2.24, 2.45) is 0 Å². The van der Waals surface area contributed by atoms with Crippen molar-refractivity contribution < 1.29 is 9.66 Å². The summed E-state index contributed by atoms with van der Waals surface area (Å²) < 4.78 is 5.17. The summed E-state index contributed by atoms with van der Waals surface area (Å²) in [6.45, 7) is 0.790. The number of hydrogen-bond acceptors (Lipinski definition) is 5. The molecular formula is C12H18N2O3S. The summed E-state index contributed by atoms with van der Waals surface area (Å²) in [7, 11) is 1.56. The minimum atomic E-state index is -0.404. The zero-order valence-electron chi connectivity index (χ0n) is 10.6. The second-order valence-electron chi connectivity index (χ2n) is 3.77. The highest BCUT2D eigenvalue weighted by Crippen LogP contribution is 2.28. The third-order valence-electron chi connectivity index (χ3n) is 2.48. The Balaban J connectivity index is 2.61. The first-order valence-corrected chi connectivity index (χ1v) is 7.13. The lowest BCUT2D eigenvalue weighted by Crippen LogP contribution is -2.04. The van der Waals surface area contributed by atoms with Crippen molar-refractivity contribution in [3.05, 3.63) is 28.3 Å². The van der Waals surface area contributed by atoms with E-state index in [1.165, 1.54) is 12.1 Å². The van der Waals surface area contributed by atoms with E-state index in [-0.39, 0.29) is 5.69 Å². The lowest BCUT2D eigenvalue weighted by atomic mass is 10.2. The molecule has 0 unspecified atom stereocenters. The summed E-state index contributed by atoms with van der Waals surface area (Å²) in [6, 6.07) is 4.56. The zero-order valence-corrected chi connectivity index (χ0v) is 11.5. The van der Waals surface area contributed by atoms with E-state index in [0.717, 1.165) is 25.1 Å². The van der Waals surface area contributed by atoms with Crippen LogP contribution in [0.4, 0.5) is 11.4 Å². The Morgan fingerprint density at radius 3 is 2.83 bits per heavy atom. The van der Waals surface area contributed by atoms with Crippen molar-refractivity contribution in [3.63, 3.8) is 0 Å². The molecule has 0 aromatic heterocycles. The van der Waals surface area contributed by atoms with Crippen molar-refractivity contribution in [3.8, 4) is 5.75 Å². The van der Waals surface area contributed by atoms with Crippen LogP contribution in [0, 0.1) is 10.1 Å². The molecule has 0 bridgehead atoms. The van der Waals surface area contributed by atoms with Gasteiger partial charge in [0.25, 0.3) is 5.69 Å². The Bertz CT molecular complexity index is 399. The maximum Gasteiger partial charge on any atom is 0.271 e. The number of unbranched alkanes of at least 4 members (excludes halogenated alkanes) is 1. The van der Waals surface area contributed by atoms with E-state index in [1.54, 1.807) is 13.2 Å². The summed E-state index contributed by atoms with van der Waals surface area (Å²) in [5.41, 5.74) is 0.748. The Morgan fingerprint density at radius 1 is 1.44 bits per heavy atom. The summed E-state index contributed by atoms with van der Waals surface area (Å²) in [6.07, 6.45) is 4.25. The molecule has 0 aliphatic heterocycles. The van der Waals surface area contributed by atoms with E-state index < -0.39 is 4.92 Å². The van der Waals surface area contributed by atoms with Crippen molar-refractivity contribution in [1.82, 2.24) is 0 Å². The molecule has 1 aromatic carbocycles. The molecule has 0 saturated heterocycles. The molecule has 18 heavy (non-hydrogen) atoms. The molecule has 1 rings (SSSR count). The van der Waals surface area contributed by atoms with E-state index in [9.17, 15) is 10.1 Å². The van der Waals surface area contributed by atoms with Gasteiger partial charge in [0, 0.05) is 18.7 Å². The number of ether oxygens (including phenoxy) is 1. The summed E-state index contributed by atoms with van der Waals surface area (Å²) in [5, 5.41) is 13.9. The molecule has 0 atom stereocenters. The fourth-order valence-electron chi connectivity index (χ4n) is 1.54. The monoisotopic (exact) mass is 270 g/mol. The van der Waals surface area contributed by atoms with Crippen LogP contribution >= 0.6 is 11.8 Å². The number of rotatable bonds is 8. The highest BCUT2D eigenvalue weighted by molar-refractivity contribution is 7.98. The maximum absolute atomic E-state index is 10.7. The zero-order chi connectivity index (χ0) is 13.4. The topological polar surface area (TPSA) is 64.4 Å². The van der Waals surface area contributed by atoms with Crippen molar-refractivity contribution in [2.75, 3.05) is 31.0 Å². The normalized spacial score (nSPS) is 10.1. The Hall–Kier alpha value is -1.43. The second kappa shape index (κ2) is 7.81. The Kier molecular flexibility index (Phi) is 6.35. The number of nitro benzene ring substituents is 1. The predicted molar refractivity (Wildman–Crippen MR) is 75.8 cm³/mol. The quantitative estimate of drug-likeness (QED) is 0.446. The van der Waals surface area contributed by atoms with Crippen molar-refractivity contribution in [1.29, 1.82) is 0 Å². The second-order valence-corrected chi connectivity index (χ2v) is 4.75. The van der Waals surface area contributed by atoms with Gasteiger partial charge in [0.15, 0.2) is 0 Å². The number of thioether (sulfide) groups is 1. The Labute approximate surface area is 111 Å². The SMILES string of the molecule is COc1ccc([N+](=O)[O-])cc1NCCCCSC. The van der Waals surface area contributed by atoms with Gasteiger partial charge in [-0.25, -0.2) is 0 Å². The molecule has 0 amide bonds. The third kappa shape index (κ3) is 4.44. The first-order valence-electron chi connectivity index (χ1n) is 5.74. The molecule has 0 spiro atoms. The number of non-ortho nitro benzene ring substituents is 1. The molecule has 0 fully saturated rings. The van der Waals surface area contributed by atoms with Crippen LogP contribution in [0.5, 0.6) is 5.75 Å². The van der Waals surface area contributed by atoms with Crippen molar-refractivity contribution in [2.45, 2.75) is 12.8 Å². The number of methoxy groups -OCH3 is 1. The van der Waals surface area contributed by atoms with Crippen molar-refractivity contribution >= 4 is 23.1 Å². The molecule has 0 aliphatic carbocycles. The average molecular weight is 270 g/mol. The Morgan fingerprint density at radius 2 is 2.22 bits per heavy atom. The minimum Gasteiger partial charge on any atom is -0.495 e. The lowest BCUT2D eigenvalue weighted by molar-refractivity contribution is -0.384. The van der Waals surface area contributed by atoms with Crippen LogP contribution in [0.25, 0.3) is 0 Å². The third-order valence-corrected chi connectivity index (χ3v) is 3.18. The van der Waals surface area contributed by atoms with Gasteiger partial charge in [-0.15, -0.1) is 0 Å². The molecule has 100 valence electrons. The molecule has 6 heteroatoms. The van der Waals surface area contributed by atoms with Gasteiger partial charge in [-0.05, 0) is 30.9 Å². The highest BCUT2D eigenvalue weighted by atomic mass is 32.2. The first-order chi connectivity index (χ1) is 8.69. The van der Waals surface area contributed by atoms with Crippen LogP contribution in [-0.2, 0) is 0 Å². The van der Waals surface area contributed by atoms with Gasteiger partial charge in [0.2, 0.25) is 0 Å². The lowest BCUT2D eigenvalue weighted by Gasteiger charge is -2.10. The summed E-state index contributed by atoms with van der Waals surface area (Å²) in [4.78, 5) is 10.3. The van der Waals surface area contributed by atoms with E-state index in [1.807, 2.05) is 11.8 Å². The number of hydrogen-bond donors (Lipinski definition) is 1. The molecule has 0 heterocycles. The predicted octanol–water partition coefficient (Wildman–Crippen LogP) is 3.16. The summed E-state index contributed by atoms with van der Waals surface area (Å²) >= 11 is 1.82. The fourth-order valence-corrected chi connectivity index (χ4v) is 2.03. The fraction of sp³-hybridized carbons (Fsp3) is 0.500. The molecule has 0 saturated carbocycles. The number of nitrogens with one attached hydrogen (secondary N) is 1. The van der Waals surface area contributed by atoms with Gasteiger partial charge in [0.05, 0.1) is 17.7 Å². The maximum atomic E-state index is 10.7. The van der Waals surface area contributed by atoms with E-state index in [0.29, 0.717) is 11.4 Å².